The Labute approximate surface area is 115 Å². The van der Waals surface area contributed by atoms with Crippen molar-refractivity contribution in [1.82, 2.24) is 10.6 Å². The van der Waals surface area contributed by atoms with E-state index in [1.807, 2.05) is 6.92 Å². The van der Waals surface area contributed by atoms with Gasteiger partial charge in [0.1, 0.15) is 11.4 Å². The fraction of sp³-hybridized carbons (Fsp3) is 0.462. The van der Waals surface area contributed by atoms with E-state index >= 15 is 0 Å². The number of carbonyl (C=O) groups is 1. The molecule has 2 atom stereocenters. The molecule has 1 saturated heterocycles. The third kappa shape index (κ3) is 3.11. The van der Waals surface area contributed by atoms with Crippen LogP contribution >= 0.6 is 0 Å². The Bertz CT molecular complexity index is 536. The molecule has 0 saturated carbocycles. The maximum atomic E-state index is 13.2. The molecule has 2 unspecified atom stereocenters. The highest BCUT2D eigenvalue weighted by molar-refractivity contribution is 5.98. The lowest BCUT2D eigenvalue weighted by molar-refractivity contribution is -0.385. The lowest BCUT2D eigenvalue weighted by atomic mass is 9.94. The number of halogens is 1. The maximum Gasteiger partial charge on any atom is 0.282 e. The third-order valence-electron chi connectivity index (χ3n) is 3.54. The topological polar surface area (TPSA) is 84.3 Å². The van der Waals surface area contributed by atoms with Gasteiger partial charge < -0.3 is 10.6 Å². The average molecular weight is 281 g/mol. The lowest BCUT2D eigenvalue weighted by Crippen LogP contribution is -2.50. The second-order valence-corrected chi connectivity index (χ2v) is 4.97. The smallest absolute Gasteiger partial charge is 0.282 e. The van der Waals surface area contributed by atoms with E-state index in [0.29, 0.717) is 6.54 Å². The molecule has 7 heteroatoms. The molecule has 2 rings (SSSR count). The minimum absolute atomic E-state index is 0.112. The predicted octanol–water partition coefficient (Wildman–Crippen LogP) is 1.46. The van der Waals surface area contributed by atoms with Crippen LogP contribution in [0, 0.1) is 21.8 Å². The minimum Gasteiger partial charge on any atom is -0.348 e. The number of amides is 1. The van der Waals surface area contributed by atoms with Crippen LogP contribution in [0.15, 0.2) is 18.2 Å². The van der Waals surface area contributed by atoms with Crippen molar-refractivity contribution >= 4 is 11.6 Å². The van der Waals surface area contributed by atoms with E-state index in [9.17, 15) is 19.3 Å². The molecule has 1 amide bonds. The van der Waals surface area contributed by atoms with Crippen molar-refractivity contribution in [3.05, 3.63) is 39.7 Å². The molecule has 1 aliphatic heterocycles. The molecule has 1 fully saturated rings. The van der Waals surface area contributed by atoms with Gasteiger partial charge in [-0.15, -0.1) is 0 Å². The van der Waals surface area contributed by atoms with Crippen LogP contribution in [-0.2, 0) is 0 Å². The highest BCUT2D eigenvalue weighted by atomic mass is 19.1. The number of nitrogens with zero attached hydrogens (tertiary/aromatic N) is 1. The van der Waals surface area contributed by atoms with Gasteiger partial charge in [-0.2, -0.15) is 0 Å². The Morgan fingerprint density at radius 2 is 2.30 bits per heavy atom. The van der Waals surface area contributed by atoms with E-state index in [4.69, 9.17) is 0 Å². The summed E-state index contributed by atoms with van der Waals surface area (Å²) >= 11 is 0. The van der Waals surface area contributed by atoms with Crippen LogP contribution in [0.5, 0.6) is 0 Å². The standard InChI is InChI=1S/C13H16FN3O3/c1-8-4-5-15-7-11(8)16-13(18)10-6-9(14)2-3-12(10)17(19)20/h2-3,6,8,11,15H,4-5,7H2,1H3,(H,16,18). The molecule has 6 nitrogen and oxygen atoms in total. The summed E-state index contributed by atoms with van der Waals surface area (Å²) in [6.45, 7) is 3.50. The van der Waals surface area contributed by atoms with Gasteiger partial charge in [-0.3, -0.25) is 14.9 Å². The molecule has 0 radical (unpaired) electrons. The van der Waals surface area contributed by atoms with Crippen molar-refractivity contribution < 1.29 is 14.1 Å². The first-order valence-corrected chi connectivity index (χ1v) is 6.44. The number of piperidine rings is 1. The quantitative estimate of drug-likeness (QED) is 0.649. The Morgan fingerprint density at radius 3 is 2.95 bits per heavy atom. The van der Waals surface area contributed by atoms with Crippen molar-refractivity contribution in [1.29, 1.82) is 0 Å². The second-order valence-electron chi connectivity index (χ2n) is 4.97. The fourth-order valence-electron chi connectivity index (χ4n) is 2.28. The van der Waals surface area contributed by atoms with Crippen LogP contribution in [0.1, 0.15) is 23.7 Å². The van der Waals surface area contributed by atoms with E-state index in [-0.39, 0.29) is 23.2 Å². The molecular formula is C13H16FN3O3. The molecule has 20 heavy (non-hydrogen) atoms. The fourth-order valence-corrected chi connectivity index (χ4v) is 2.28. The van der Waals surface area contributed by atoms with E-state index in [0.717, 1.165) is 31.2 Å². The zero-order valence-electron chi connectivity index (χ0n) is 11.1. The summed E-state index contributed by atoms with van der Waals surface area (Å²) in [7, 11) is 0. The number of benzene rings is 1. The molecule has 2 N–H and O–H groups in total. The van der Waals surface area contributed by atoms with E-state index < -0.39 is 16.6 Å². The van der Waals surface area contributed by atoms with Crippen LogP contribution in [0.2, 0.25) is 0 Å². The first kappa shape index (κ1) is 14.4. The number of nitro groups is 1. The van der Waals surface area contributed by atoms with Gasteiger partial charge in [0.15, 0.2) is 0 Å². The SMILES string of the molecule is CC1CCNCC1NC(=O)c1cc(F)ccc1[N+](=O)[O-]. The van der Waals surface area contributed by atoms with Gasteiger partial charge in [0.05, 0.1) is 4.92 Å². The van der Waals surface area contributed by atoms with Crippen LogP contribution in [0.25, 0.3) is 0 Å². The summed E-state index contributed by atoms with van der Waals surface area (Å²) in [5, 5.41) is 16.8. The van der Waals surface area contributed by atoms with Gasteiger partial charge in [-0.25, -0.2) is 4.39 Å². The minimum atomic E-state index is -0.684. The van der Waals surface area contributed by atoms with Crippen molar-refractivity contribution in [2.24, 2.45) is 5.92 Å². The summed E-state index contributed by atoms with van der Waals surface area (Å²) in [6, 6.07) is 2.76. The molecule has 0 spiro atoms. The van der Waals surface area contributed by atoms with Gasteiger partial charge in [-0.1, -0.05) is 6.92 Å². The van der Waals surface area contributed by atoms with Gasteiger partial charge in [0.25, 0.3) is 11.6 Å². The van der Waals surface area contributed by atoms with Crippen LogP contribution < -0.4 is 10.6 Å². The molecule has 108 valence electrons. The zero-order valence-corrected chi connectivity index (χ0v) is 11.1. The lowest BCUT2D eigenvalue weighted by Gasteiger charge is -2.30. The predicted molar refractivity (Wildman–Crippen MR) is 71.0 cm³/mol. The zero-order chi connectivity index (χ0) is 14.7. The van der Waals surface area contributed by atoms with Gasteiger partial charge in [0, 0.05) is 18.7 Å². The highest BCUT2D eigenvalue weighted by Gasteiger charge is 2.26. The monoisotopic (exact) mass is 281 g/mol. The number of hydrogen-bond donors (Lipinski definition) is 2. The van der Waals surface area contributed by atoms with Crippen LogP contribution in [0.4, 0.5) is 10.1 Å². The Balaban J connectivity index is 2.20. The van der Waals surface area contributed by atoms with Crippen molar-refractivity contribution in [3.8, 4) is 0 Å². The number of carbonyl (C=O) groups excluding carboxylic acids is 1. The summed E-state index contributed by atoms with van der Waals surface area (Å²) in [5.41, 5.74) is -0.631. The molecule has 1 aromatic carbocycles. The van der Waals surface area contributed by atoms with Crippen molar-refractivity contribution in [3.63, 3.8) is 0 Å². The Morgan fingerprint density at radius 1 is 1.55 bits per heavy atom. The number of rotatable bonds is 3. The molecule has 1 aliphatic rings. The molecule has 0 bridgehead atoms. The van der Waals surface area contributed by atoms with Gasteiger partial charge in [-0.05, 0) is 31.0 Å². The normalized spacial score (nSPS) is 22.3. The largest absolute Gasteiger partial charge is 0.348 e. The molecule has 0 aliphatic carbocycles. The third-order valence-corrected chi connectivity index (χ3v) is 3.54. The first-order chi connectivity index (χ1) is 9.49. The Kier molecular flexibility index (Phi) is 4.29. The Hall–Kier alpha value is -2.02. The first-order valence-electron chi connectivity index (χ1n) is 6.44. The molecular weight excluding hydrogens is 265 g/mol. The number of nitrogens with one attached hydrogen (secondary N) is 2. The molecule has 0 aromatic heterocycles. The number of nitro benzene ring substituents is 1. The summed E-state index contributed by atoms with van der Waals surface area (Å²) in [4.78, 5) is 22.3. The maximum absolute atomic E-state index is 13.2. The average Bonchev–Trinajstić information content (AvgIpc) is 2.40. The molecule has 1 heterocycles. The van der Waals surface area contributed by atoms with Gasteiger partial charge in [0.2, 0.25) is 0 Å². The summed E-state index contributed by atoms with van der Waals surface area (Å²) in [6.07, 6.45) is 0.913. The molecule has 1 aromatic rings. The van der Waals surface area contributed by atoms with Crippen LogP contribution in [0.3, 0.4) is 0 Å². The van der Waals surface area contributed by atoms with Gasteiger partial charge >= 0.3 is 0 Å². The van der Waals surface area contributed by atoms with Crippen molar-refractivity contribution in [2.45, 2.75) is 19.4 Å². The second kappa shape index (κ2) is 5.96. The van der Waals surface area contributed by atoms with Crippen LogP contribution in [-0.4, -0.2) is 30.0 Å². The van der Waals surface area contributed by atoms with E-state index in [1.165, 1.54) is 0 Å². The van der Waals surface area contributed by atoms with Crippen molar-refractivity contribution in [2.75, 3.05) is 13.1 Å². The summed E-state index contributed by atoms with van der Waals surface area (Å²) in [5.74, 6) is -1.01. The number of hydrogen-bond acceptors (Lipinski definition) is 4. The van der Waals surface area contributed by atoms with E-state index in [2.05, 4.69) is 10.6 Å². The summed E-state index contributed by atoms with van der Waals surface area (Å²) < 4.78 is 13.2. The van der Waals surface area contributed by atoms with E-state index in [1.54, 1.807) is 0 Å². The highest BCUT2D eigenvalue weighted by Crippen LogP contribution is 2.20.